The van der Waals surface area contributed by atoms with Crippen LogP contribution in [0.1, 0.15) is 5.56 Å². The molecule has 0 N–H and O–H groups in total. The Morgan fingerprint density at radius 3 is 1.79 bits per heavy atom. The molecular weight excluding hydrogens is 305 g/mol. The van der Waals surface area contributed by atoms with Crippen molar-refractivity contribution in [1.82, 2.24) is 0 Å². The molecule has 0 unspecified atom stereocenters. The molecule has 0 saturated carbocycles. The van der Waals surface area contributed by atoms with E-state index in [2.05, 4.69) is 4.74 Å². The van der Waals surface area contributed by atoms with Crippen LogP contribution in [0.2, 0.25) is 5.02 Å². The van der Waals surface area contributed by atoms with Crippen LogP contribution in [0.4, 0.5) is 30.7 Å². The van der Waals surface area contributed by atoms with E-state index in [4.69, 9.17) is 11.6 Å². The molecule has 9 heteroatoms. The number of methoxy groups -OCH3 is 1. The molecule has 0 bridgehead atoms. The topological polar surface area (TPSA) is 9.23 Å². The van der Waals surface area contributed by atoms with Gasteiger partial charge in [0.25, 0.3) is 0 Å². The average Bonchev–Trinajstić information content (AvgIpc) is 2.24. The lowest BCUT2D eigenvalue weighted by atomic mass is 9.93. The Labute approximate surface area is 107 Å². The maximum atomic E-state index is 13.8. The van der Waals surface area contributed by atoms with Crippen LogP contribution in [0.3, 0.4) is 0 Å². The first kappa shape index (κ1) is 15.9. The van der Waals surface area contributed by atoms with Crippen molar-refractivity contribution >= 4 is 11.6 Å². The van der Waals surface area contributed by atoms with Gasteiger partial charge in [-0.1, -0.05) is 11.6 Å². The molecule has 0 fully saturated rings. The molecule has 1 aromatic carbocycles. The van der Waals surface area contributed by atoms with E-state index in [9.17, 15) is 30.7 Å². The summed E-state index contributed by atoms with van der Waals surface area (Å²) in [6.45, 7) is 0. The fraction of sp³-hybridized carbons (Fsp3) is 0.400. The van der Waals surface area contributed by atoms with Gasteiger partial charge >= 0.3 is 18.0 Å². The molecule has 19 heavy (non-hydrogen) atoms. The van der Waals surface area contributed by atoms with Crippen molar-refractivity contribution < 1.29 is 35.5 Å². The third-order valence-electron chi connectivity index (χ3n) is 2.31. The minimum absolute atomic E-state index is 0.237. The van der Waals surface area contributed by atoms with E-state index < -0.39 is 34.4 Å². The molecule has 0 aliphatic carbocycles. The van der Waals surface area contributed by atoms with E-state index >= 15 is 0 Å². The summed E-state index contributed by atoms with van der Waals surface area (Å²) in [5.41, 5.74) is -7.29. The molecule has 0 saturated heterocycles. The van der Waals surface area contributed by atoms with Crippen molar-refractivity contribution in [1.29, 1.82) is 0 Å². The second-order valence-electron chi connectivity index (χ2n) is 3.50. The van der Waals surface area contributed by atoms with Gasteiger partial charge in [-0.15, -0.1) is 0 Å². The minimum atomic E-state index is -6.21. The molecule has 1 aromatic rings. The summed E-state index contributed by atoms with van der Waals surface area (Å²) in [6.07, 6.45) is -12.4. The molecule has 108 valence electrons. The Bertz CT molecular complexity index is 452. The molecule has 0 aromatic heterocycles. The maximum Gasteiger partial charge on any atom is 0.436 e. The molecule has 0 atom stereocenters. The minimum Gasteiger partial charge on any atom is -0.496 e. The summed E-state index contributed by atoms with van der Waals surface area (Å²) in [4.78, 5) is 0. The molecule has 0 aliphatic heterocycles. The van der Waals surface area contributed by atoms with Crippen molar-refractivity contribution in [2.24, 2.45) is 0 Å². The van der Waals surface area contributed by atoms with E-state index in [0.29, 0.717) is 0 Å². The number of halogens is 8. The lowest BCUT2D eigenvalue weighted by Gasteiger charge is -2.31. The first-order valence-corrected chi connectivity index (χ1v) is 4.99. The predicted octanol–water partition coefficient (Wildman–Crippen LogP) is 4.64. The van der Waals surface area contributed by atoms with Crippen LogP contribution >= 0.6 is 11.6 Å². The van der Waals surface area contributed by atoms with Crippen LogP contribution in [-0.4, -0.2) is 19.5 Å². The third-order valence-corrected chi connectivity index (χ3v) is 2.55. The van der Waals surface area contributed by atoms with Crippen molar-refractivity contribution in [2.45, 2.75) is 18.0 Å². The van der Waals surface area contributed by atoms with E-state index in [0.717, 1.165) is 19.2 Å². The van der Waals surface area contributed by atoms with Crippen LogP contribution in [0.5, 0.6) is 5.75 Å². The van der Waals surface area contributed by atoms with Gasteiger partial charge in [-0.3, -0.25) is 0 Å². The van der Waals surface area contributed by atoms with Crippen LogP contribution in [0, 0.1) is 0 Å². The highest BCUT2D eigenvalue weighted by Gasteiger charge is 2.74. The number of rotatable bonds is 2. The summed E-state index contributed by atoms with van der Waals surface area (Å²) in [6, 6.07) is 1.95. The van der Waals surface area contributed by atoms with E-state index in [1.165, 1.54) is 0 Å². The van der Waals surface area contributed by atoms with Crippen LogP contribution < -0.4 is 4.74 Å². The number of hydrogen-bond acceptors (Lipinski definition) is 1. The zero-order valence-electron chi connectivity index (χ0n) is 9.16. The summed E-state index contributed by atoms with van der Waals surface area (Å²) < 4.78 is 93.4. The van der Waals surface area contributed by atoms with Gasteiger partial charge in [0.05, 0.1) is 12.7 Å². The third kappa shape index (κ3) is 2.58. The standard InChI is InChI=1S/C10H6ClF7O/c1-19-7-3-2-5(11)4-6(7)8(12,9(13,14)15)10(16,17)18/h2-4H,1H3. The molecule has 0 spiro atoms. The molecular formula is C10H6ClF7O. The summed E-state index contributed by atoms with van der Waals surface area (Å²) in [7, 11) is 0.819. The SMILES string of the molecule is COc1ccc(Cl)cc1C(F)(C(F)(F)F)C(F)(F)F. The Balaban J connectivity index is 3.65. The lowest BCUT2D eigenvalue weighted by molar-refractivity contribution is -0.349. The summed E-state index contributed by atoms with van der Waals surface area (Å²) >= 11 is 5.32. The molecule has 0 amide bonds. The first-order chi connectivity index (χ1) is 8.45. The highest BCUT2D eigenvalue weighted by Crippen LogP contribution is 2.55. The van der Waals surface area contributed by atoms with Gasteiger partial charge in [-0.2, -0.15) is 26.3 Å². The number of hydrogen-bond donors (Lipinski definition) is 0. The van der Waals surface area contributed by atoms with Crippen LogP contribution in [0.15, 0.2) is 18.2 Å². The predicted molar refractivity (Wildman–Crippen MR) is 52.9 cm³/mol. The van der Waals surface area contributed by atoms with Crippen molar-refractivity contribution in [3.8, 4) is 5.75 Å². The zero-order valence-corrected chi connectivity index (χ0v) is 9.92. The van der Waals surface area contributed by atoms with Gasteiger partial charge in [0.2, 0.25) is 0 Å². The Hall–Kier alpha value is -1.18. The molecule has 0 heterocycles. The number of alkyl halides is 7. The van der Waals surface area contributed by atoms with Gasteiger partial charge in [-0.25, -0.2) is 4.39 Å². The van der Waals surface area contributed by atoms with Gasteiger partial charge in [0.1, 0.15) is 5.75 Å². The van der Waals surface area contributed by atoms with Crippen molar-refractivity contribution in [3.05, 3.63) is 28.8 Å². The fourth-order valence-electron chi connectivity index (χ4n) is 1.42. The fourth-order valence-corrected chi connectivity index (χ4v) is 1.59. The Kier molecular flexibility index (Phi) is 3.96. The number of benzene rings is 1. The van der Waals surface area contributed by atoms with E-state index in [1.807, 2.05) is 0 Å². The van der Waals surface area contributed by atoms with Gasteiger partial charge in [0.15, 0.2) is 0 Å². The summed E-state index contributed by atoms with van der Waals surface area (Å²) in [5.74, 6) is -0.901. The van der Waals surface area contributed by atoms with E-state index in [1.54, 1.807) is 0 Å². The zero-order chi connectivity index (χ0) is 15.1. The number of ether oxygens (including phenoxy) is 1. The largest absolute Gasteiger partial charge is 0.496 e. The Morgan fingerprint density at radius 1 is 0.947 bits per heavy atom. The Morgan fingerprint density at radius 2 is 1.42 bits per heavy atom. The molecule has 1 rings (SSSR count). The maximum absolute atomic E-state index is 13.8. The van der Waals surface area contributed by atoms with Gasteiger partial charge < -0.3 is 4.74 Å². The molecule has 0 aliphatic rings. The van der Waals surface area contributed by atoms with Crippen LogP contribution in [-0.2, 0) is 5.67 Å². The van der Waals surface area contributed by atoms with Gasteiger partial charge in [-0.05, 0) is 18.2 Å². The lowest BCUT2D eigenvalue weighted by Crippen LogP contribution is -2.50. The second kappa shape index (κ2) is 4.73. The van der Waals surface area contributed by atoms with E-state index in [-0.39, 0.29) is 6.07 Å². The van der Waals surface area contributed by atoms with Crippen molar-refractivity contribution in [3.63, 3.8) is 0 Å². The average molecular weight is 311 g/mol. The van der Waals surface area contributed by atoms with Crippen LogP contribution in [0.25, 0.3) is 0 Å². The molecule has 1 nitrogen and oxygen atoms in total. The summed E-state index contributed by atoms with van der Waals surface area (Å²) in [5, 5.41) is -0.480. The highest BCUT2D eigenvalue weighted by molar-refractivity contribution is 6.30. The van der Waals surface area contributed by atoms with Crippen molar-refractivity contribution in [2.75, 3.05) is 7.11 Å². The quantitative estimate of drug-likeness (QED) is 0.723. The second-order valence-corrected chi connectivity index (χ2v) is 3.94. The monoisotopic (exact) mass is 310 g/mol. The normalized spacial score (nSPS) is 13.5. The molecule has 0 radical (unpaired) electrons. The highest BCUT2D eigenvalue weighted by atomic mass is 35.5. The first-order valence-electron chi connectivity index (χ1n) is 4.61. The van der Waals surface area contributed by atoms with Gasteiger partial charge in [0, 0.05) is 5.02 Å². The smallest absolute Gasteiger partial charge is 0.436 e.